The van der Waals surface area contributed by atoms with Crippen molar-refractivity contribution in [3.8, 4) is 0 Å². The van der Waals surface area contributed by atoms with Gasteiger partial charge in [-0.2, -0.15) is 0 Å². The van der Waals surface area contributed by atoms with E-state index in [0.717, 1.165) is 15.9 Å². The average molecular weight is 398 g/mol. The van der Waals surface area contributed by atoms with Gasteiger partial charge in [-0.15, -0.1) is 0 Å². The number of anilines is 2. The van der Waals surface area contributed by atoms with Crippen molar-refractivity contribution in [3.05, 3.63) is 59.2 Å². The predicted octanol–water partition coefficient (Wildman–Crippen LogP) is 6.55. The first-order valence-electron chi connectivity index (χ1n) is 10.1. The Labute approximate surface area is 173 Å². The Morgan fingerprint density at radius 3 is 2.03 bits per heavy atom. The van der Waals surface area contributed by atoms with E-state index in [1.807, 2.05) is 65.8 Å². The van der Waals surface area contributed by atoms with Crippen LogP contribution < -0.4 is 4.81 Å². The summed E-state index contributed by atoms with van der Waals surface area (Å²) in [6, 6.07) is 13.0. The van der Waals surface area contributed by atoms with Crippen LogP contribution in [0.4, 0.5) is 20.0 Å². The number of ether oxygens (including phenoxy) is 1. The Morgan fingerprint density at radius 2 is 1.55 bits per heavy atom. The maximum absolute atomic E-state index is 14.6. The molecule has 0 bridgehead atoms. The van der Waals surface area contributed by atoms with Gasteiger partial charge in [0.05, 0.1) is 11.1 Å². The number of para-hydroxylation sites is 2. The van der Waals surface area contributed by atoms with Crippen LogP contribution in [0.2, 0.25) is 0 Å². The van der Waals surface area contributed by atoms with Crippen LogP contribution in [0.15, 0.2) is 47.5 Å². The van der Waals surface area contributed by atoms with Crippen LogP contribution in [0.1, 0.15) is 70.1 Å². The second-order valence-corrected chi connectivity index (χ2v) is 8.78. The lowest BCUT2D eigenvalue weighted by Gasteiger charge is -2.31. The summed E-state index contributed by atoms with van der Waals surface area (Å²) in [4.78, 5) is 5.77. The number of nitrogens with zero attached hydrogens (tertiary/aromatic N) is 2. The second kappa shape index (κ2) is 8.17. The standard InChI is InChI=1S/C23H29BF2N2O/c1-15(2)17-11-9-12-18(16(3)4)21(17)28(24(25)26)20-13-8-7-10-19(20)22-27-23(5,6)14-29-22/h7-13,15-16H,14H2,1-6H3. The summed E-state index contributed by atoms with van der Waals surface area (Å²) >= 11 is 0. The van der Waals surface area contributed by atoms with E-state index >= 15 is 0 Å². The quantitative estimate of drug-likeness (QED) is 0.516. The van der Waals surface area contributed by atoms with Crippen molar-refractivity contribution in [1.82, 2.24) is 0 Å². The zero-order valence-electron chi connectivity index (χ0n) is 18.0. The van der Waals surface area contributed by atoms with Crippen molar-refractivity contribution in [2.24, 2.45) is 4.99 Å². The van der Waals surface area contributed by atoms with Crippen LogP contribution in [0.5, 0.6) is 0 Å². The third kappa shape index (κ3) is 4.31. The molecule has 2 aromatic rings. The maximum Gasteiger partial charge on any atom is 0.678 e. The highest BCUT2D eigenvalue weighted by atomic mass is 19.2. The molecule has 1 heterocycles. The topological polar surface area (TPSA) is 24.8 Å². The van der Waals surface area contributed by atoms with E-state index < -0.39 is 7.40 Å². The van der Waals surface area contributed by atoms with Crippen LogP contribution in [0, 0.1) is 0 Å². The molecule has 0 radical (unpaired) electrons. The average Bonchev–Trinajstić information content (AvgIpc) is 3.01. The lowest BCUT2D eigenvalue weighted by Crippen LogP contribution is -2.31. The molecule has 3 rings (SSSR count). The fourth-order valence-corrected chi connectivity index (χ4v) is 3.70. The molecule has 0 spiro atoms. The van der Waals surface area contributed by atoms with Crippen molar-refractivity contribution in [2.45, 2.75) is 58.9 Å². The molecule has 3 nitrogen and oxygen atoms in total. The summed E-state index contributed by atoms with van der Waals surface area (Å²) in [5, 5.41) is 0. The van der Waals surface area contributed by atoms with Crippen molar-refractivity contribution in [2.75, 3.05) is 11.4 Å². The molecule has 2 aromatic carbocycles. The van der Waals surface area contributed by atoms with E-state index in [9.17, 15) is 8.63 Å². The highest BCUT2D eigenvalue weighted by Crippen LogP contribution is 2.41. The number of hydrogen-bond acceptors (Lipinski definition) is 3. The minimum atomic E-state index is -2.71. The van der Waals surface area contributed by atoms with Gasteiger partial charge in [0, 0.05) is 11.4 Å². The van der Waals surface area contributed by atoms with Crippen molar-refractivity contribution in [1.29, 1.82) is 0 Å². The molecule has 1 aliphatic heterocycles. The summed E-state index contributed by atoms with van der Waals surface area (Å²) in [5.41, 5.74) is 3.03. The fraction of sp³-hybridized carbons (Fsp3) is 0.435. The molecule has 0 N–H and O–H groups in total. The third-order valence-corrected chi connectivity index (χ3v) is 5.14. The Hall–Kier alpha value is -2.37. The predicted molar refractivity (Wildman–Crippen MR) is 118 cm³/mol. The molecule has 1 aliphatic rings. The monoisotopic (exact) mass is 398 g/mol. The molecule has 154 valence electrons. The molecule has 0 amide bonds. The zero-order chi connectivity index (χ0) is 21.3. The molecule has 29 heavy (non-hydrogen) atoms. The number of benzene rings is 2. The Bertz CT molecular complexity index is 883. The lowest BCUT2D eigenvalue weighted by molar-refractivity contribution is 0.279. The summed E-state index contributed by atoms with van der Waals surface area (Å²) in [6.45, 7) is 12.5. The molecule has 0 fully saturated rings. The van der Waals surface area contributed by atoms with E-state index in [1.54, 1.807) is 18.2 Å². The van der Waals surface area contributed by atoms with Gasteiger partial charge < -0.3 is 9.55 Å². The lowest BCUT2D eigenvalue weighted by atomic mass is 9.88. The van der Waals surface area contributed by atoms with E-state index in [2.05, 4.69) is 4.99 Å². The second-order valence-electron chi connectivity index (χ2n) is 8.78. The number of hydrogen-bond donors (Lipinski definition) is 0. The zero-order valence-corrected chi connectivity index (χ0v) is 18.0. The van der Waals surface area contributed by atoms with Crippen molar-refractivity contribution >= 4 is 24.7 Å². The van der Waals surface area contributed by atoms with Crippen LogP contribution in [-0.4, -0.2) is 25.4 Å². The van der Waals surface area contributed by atoms with Gasteiger partial charge in [-0.1, -0.05) is 58.0 Å². The summed E-state index contributed by atoms with van der Waals surface area (Å²) < 4.78 is 35.0. The van der Waals surface area contributed by atoms with Gasteiger partial charge in [0.1, 0.15) is 6.61 Å². The van der Waals surface area contributed by atoms with Gasteiger partial charge in [-0.05, 0) is 48.9 Å². The van der Waals surface area contributed by atoms with Crippen molar-refractivity contribution in [3.63, 3.8) is 0 Å². The smallest absolute Gasteiger partial charge is 0.475 e. The van der Waals surface area contributed by atoms with Crippen LogP contribution in [0.3, 0.4) is 0 Å². The molecular formula is C23H29BF2N2O. The minimum Gasteiger partial charge on any atom is -0.475 e. The van der Waals surface area contributed by atoms with E-state index in [0.29, 0.717) is 29.4 Å². The van der Waals surface area contributed by atoms with Gasteiger partial charge in [0.2, 0.25) is 5.90 Å². The molecule has 0 saturated carbocycles. The third-order valence-electron chi connectivity index (χ3n) is 5.14. The molecule has 0 saturated heterocycles. The highest BCUT2D eigenvalue weighted by molar-refractivity contribution is 6.51. The Balaban J connectivity index is 2.25. The molecule has 0 atom stereocenters. The SMILES string of the molecule is CC(C)c1cccc(C(C)C)c1N(B(F)F)c1ccccc1C1=NC(C)(C)CO1. The van der Waals surface area contributed by atoms with Crippen LogP contribution in [0.25, 0.3) is 0 Å². The molecular weight excluding hydrogens is 369 g/mol. The Morgan fingerprint density at radius 1 is 0.966 bits per heavy atom. The Kier molecular flexibility index (Phi) is 6.01. The fourth-order valence-electron chi connectivity index (χ4n) is 3.70. The first-order valence-corrected chi connectivity index (χ1v) is 10.1. The highest BCUT2D eigenvalue weighted by Gasteiger charge is 2.36. The van der Waals surface area contributed by atoms with E-state index in [1.165, 1.54) is 0 Å². The van der Waals surface area contributed by atoms with Crippen LogP contribution >= 0.6 is 0 Å². The summed E-state index contributed by atoms with van der Waals surface area (Å²) in [5.74, 6) is 0.636. The van der Waals surface area contributed by atoms with Crippen molar-refractivity contribution < 1.29 is 13.4 Å². The van der Waals surface area contributed by atoms with Gasteiger partial charge in [0.25, 0.3) is 0 Å². The number of rotatable bonds is 6. The van der Waals surface area contributed by atoms with Gasteiger partial charge in [0.15, 0.2) is 0 Å². The largest absolute Gasteiger partial charge is 0.678 e. The molecule has 0 unspecified atom stereocenters. The minimum absolute atomic E-state index is 0.108. The first-order chi connectivity index (χ1) is 13.6. The van der Waals surface area contributed by atoms with Gasteiger partial charge >= 0.3 is 7.40 Å². The van der Waals surface area contributed by atoms with Gasteiger partial charge in [-0.3, -0.25) is 8.63 Å². The number of halogens is 2. The molecule has 6 heteroatoms. The van der Waals surface area contributed by atoms with Gasteiger partial charge in [-0.25, -0.2) is 4.99 Å². The first kappa shape index (κ1) is 21.3. The van der Waals surface area contributed by atoms with E-state index in [4.69, 9.17) is 4.74 Å². The molecule has 0 aliphatic carbocycles. The normalized spacial score (nSPS) is 15.4. The summed E-state index contributed by atoms with van der Waals surface area (Å²) in [6.07, 6.45) is 0. The molecule has 0 aromatic heterocycles. The number of aliphatic imine (C=N–C) groups is 1. The van der Waals surface area contributed by atoms with E-state index in [-0.39, 0.29) is 17.4 Å². The summed E-state index contributed by atoms with van der Waals surface area (Å²) in [7, 11) is -2.71. The van der Waals surface area contributed by atoms with Crippen LogP contribution in [-0.2, 0) is 4.74 Å². The maximum atomic E-state index is 14.6.